The molecule has 2 aromatic rings. The predicted octanol–water partition coefficient (Wildman–Crippen LogP) is 3.11. The number of carbonyl (C=O) groups is 1. The number of rotatable bonds is 5. The van der Waals surface area contributed by atoms with Crippen LogP contribution in [0.4, 0.5) is 24.7 Å². The van der Waals surface area contributed by atoms with Crippen LogP contribution in [-0.4, -0.2) is 38.6 Å². The van der Waals surface area contributed by atoms with E-state index in [1.807, 2.05) is 0 Å². The number of pyridine rings is 1. The molecule has 1 aliphatic carbocycles. The Bertz CT molecular complexity index is 814. The van der Waals surface area contributed by atoms with Crippen molar-refractivity contribution in [1.29, 1.82) is 0 Å². The van der Waals surface area contributed by atoms with E-state index in [0.717, 1.165) is 44.0 Å². The predicted molar refractivity (Wildman–Crippen MR) is 95.7 cm³/mol. The molecule has 1 fully saturated rings. The van der Waals surface area contributed by atoms with E-state index in [-0.39, 0.29) is 23.1 Å². The van der Waals surface area contributed by atoms with Crippen LogP contribution in [-0.2, 0) is 6.18 Å². The summed E-state index contributed by atoms with van der Waals surface area (Å²) in [4.78, 5) is 23.9. The fourth-order valence-electron chi connectivity index (χ4n) is 3.11. The first-order valence-electron chi connectivity index (χ1n) is 8.92. The minimum absolute atomic E-state index is 0.00713. The lowest BCUT2D eigenvalue weighted by molar-refractivity contribution is -0.141. The SMILES string of the molecule is O=C(Nc1ccc(C(F)(F)F)nc1)c1nccnc1NC[C@@H]1CCCC[C@@H]1O. The fourth-order valence-corrected chi connectivity index (χ4v) is 3.11. The first kappa shape index (κ1) is 20.0. The van der Waals surface area contributed by atoms with Gasteiger partial charge in [-0.15, -0.1) is 0 Å². The van der Waals surface area contributed by atoms with Crippen LogP contribution >= 0.6 is 0 Å². The van der Waals surface area contributed by atoms with E-state index >= 15 is 0 Å². The number of amides is 1. The van der Waals surface area contributed by atoms with E-state index in [0.29, 0.717) is 6.54 Å². The molecule has 2 atom stereocenters. The summed E-state index contributed by atoms with van der Waals surface area (Å²) in [7, 11) is 0. The fraction of sp³-hybridized carbons (Fsp3) is 0.444. The quantitative estimate of drug-likeness (QED) is 0.719. The van der Waals surface area contributed by atoms with Crippen LogP contribution in [0.2, 0.25) is 0 Å². The molecule has 0 saturated heterocycles. The summed E-state index contributed by atoms with van der Waals surface area (Å²) in [5.74, 6) is -0.315. The molecule has 28 heavy (non-hydrogen) atoms. The first-order chi connectivity index (χ1) is 13.3. The molecular formula is C18H20F3N5O2. The van der Waals surface area contributed by atoms with Crippen LogP contribution < -0.4 is 10.6 Å². The Morgan fingerprint density at radius 1 is 1.14 bits per heavy atom. The molecule has 2 heterocycles. The van der Waals surface area contributed by atoms with Gasteiger partial charge >= 0.3 is 6.18 Å². The van der Waals surface area contributed by atoms with Gasteiger partial charge < -0.3 is 15.7 Å². The zero-order chi connectivity index (χ0) is 20.1. The molecule has 0 bridgehead atoms. The lowest BCUT2D eigenvalue weighted by Crippen LogP contribution is -2.31. The maximum Gasteiger partial charge on any atom is 0.433 e. The van der Waals surface area contributed by atoms with Crippen molar-refractivity contribution in [2.75, 3.05) is 17.2 Å². The third kappa shape index (κ3) is 4.94. The second kappa shape index (κ2) is 8.51. The van der Waals surface area contributed by atoms with Gasteiger partial charge in [0.25, 0.3) is 5.91 Å². The van der Waals surface area contributed by atoms with Crippen LogP contribution in [0, 0.1) is 5.92 Å². The maximum atomic E-state index is 12.6. The molecule has 0 aromatic carbocycles. The average molecular weight is 395 g/mol. The normalized spacial score (nSPS) is 19.9. The molecule has 0 spiro atoms. The van der Waals surface area contributed by atoms with Crippen molar-refractivity contribution in [3.05, 3.63) is 42.1 Å². The van der Waals surface area contributed by atoms with Gasteiger partial charge in [0.1, 0.15) is 5.69 Å². The number of anilines is 2. The minimum Gasteiger partial charge on any atom is -0.393 e. The highest BCUT2D eigenvalue weighted by molar-refractivity contribution is 6.05. The number of hydrogen-bond donors (Lipinski definition) is 3. The first-order valence-corrected chi connectivity index (χ1v) is 8.92. The lowest BCUT2D eigenvalue weighted by Gasteiger charge is -2.27. The highest BCUT2D eigenvalue weighted by Crippen LogP contribution is 2.28. The van der Waals surface area contributed by atoms with Crippen molar-refractivity contribution in [2.45, 2.75) is 38.0 Å². The van der Waals surface area contributed by atoms with Gasteiger partial charge in [-0.3, -0.25) is 4.79 Å². The van der Waals surface area contributed by atoms with E-state index < -0.39 is 23.9 Å². The second-order valence-corrected chi connectivity index (χ2v) is 6.63. The highest BCUT2D eigenvalue weighted by Gasteiger charge is 2.32. The second-order valence-electron chi connectivity index (χ2n) is 6.63. The maximum absolute atomic E-state index is 12.6. The molecule has 150 valence electrons. The molecule has 3 N–H and O–H groups in total. The molecule has 2 aromatic heterocycles. The number of aromatic nitrogens is 3. The van der Waals surface area contributed by atoms with Gasteiger partial charge in [0.05, 0.1) is 18.0 Å². The number of nitrogens with zero attached hydrogens (tertiary/aromatic N) is 3. The summed E-state index contributed by atoms with van der Waals surface area (Å²) in [6.07, 6.45) is 2.44. The summed E-state index contributed by atoms with van der Waals surface area (Å²) >= 11 is 0. The van der Waals surface area contributed by atoms with Gasteiger partial charge in [-0.2, -0.15) is 13.2 Å². The Hall–Kier alpha value is -2.75. The number of carbonyl (C=O) groups excluding carboxylic acids is 1. The van der Waals surface area contributed by atoms with Gasteiger partial charge in [-0.25, -0.2) is 15.0 Å². The van der Waals surface area contributed by atoms with Crippen LogP contribution in [0.3, 0.4) is 0 Å². The molecular weight excluding hydrogens is 375 g/mol. The molecule has 0 unspecified atom stereocenters. The highest BCUT2D eigenvalue weighted by atomic mass is 19.4. The summed E-state index contributed by atoms with van der Waals surface area (Å²) in [6.45, 7) is 0.446. The molecule has 3 rings (SSSR count). The third-order valence-corrected chi connectivity index (χ3v) is 4.63. The van der Waals surface area contributed by atoms with Crippen molar-refractivity contribution in [3.8, 4) is 0 Å². The van der Waals surface area contributed by atoms with Crippen molar-refractivity contribution in [3.63, 3.8) is 0 Å². The third-order valence-electron chi connectivity index (χ3n) is 4.63. The topological polar surface area (TPSA) is 100 Å². The summed E-state index contributed by atoms with van der Waals surface area (Å²) in [5, 5.41) is 15.6. The number of aliphatic hydroxyl groups is 1. The van der Waals surface area contributed by atoms with Crippen molar-refractivity contribution in [2.24, 2.45) is 5.92 Å². The van der Waals surface area contributed by atoms with Gasteiger partial charge in [-0.05, 0) is 25.0 Å². The largest absolute Gasteiger partial charge is 0.433 e. The number of halogens is 3. The molecule has 1 aliphatic rings. The summed E-state index contributed by atoms with van der Waals surface area (Å²) < 4.78 is 37.7. The minimum atomic E-state index is -4.55. The van der Waals surface area contributed by atoms with E-state index in [1.165, 1.54) is 12.4 Å². The number of aliphatic hydroxyl groups excluding tert-OH is 1. The lowest BCUT2D eigenvalue weighted by atomic mass is 9.86. The number of nitrogens with one attached hydrogen (secondary N) is 2. The summed E-state index contributed by atoms with van der Waals surface area (Å²) in [6, 6.07) is 1.91. The zero-order valence-electron chi connectivity index (χ0n) is 14.9. The van der Waals surface area contributed by atoms with Crippen molar-refractivity contribution < 1.29 is 23.1 Å². The van der Waals surface area contributed by atoms with E-state index in [1.54, 1.807) is 0 Å². The van der Waals surface area contributed by atoms with E-state index in [2.05, 4.69) is 25.6 Å². The molecule has 1 amide bonds. The number of alkyl halides is 3. The van der Waals surface area contributed by atoms with Crippen molar-refractivity contribution >= 4 is 17.4 Å². The van der Waals surface area contributed by atoms with Gasteiger partial charge in [-0.1, -0.05) is 12.8 Å². The van der Waals surface area contributed by atoms with Gasteiger partial charge in [0, 0.05) is 24.9 Å². The standard InChI is InChI=1S/C18H20F3N5O2/c19-18(20,21)14-6-5-12(10-24-14)26-17(28)15-16(23-8-7-22-15)25-9-11-3-1-2-4-13(11)27/h5-8,10-11,13,27H,1-4,9H2,(H,23,25)(H,26,28)/t11-,13-/m0/s1. The average Bonchev–Trinajstić information content (AvgIpc) is 2.67. The summed E-state index contributed by atoms with van der Waals surface area (Å²) in [5.41, 5.74) is -0.927. The molecule has 1 saturated carbocycles. The Kier molecular flexibility index (Phi) is 6.08. The smallest absolute Gasteiger partial charge is 0.393 e. The van der Waals surface area contributed by atoms with E-state index in [4.69, 9.17) is 0 Å². The van der Waals surface area contributed by atoms with E-state index in [9.17, 15) is 23.1 Å². The Morgan fingerprint density at radius 2 is 1.89 bits per heavy atom. The Morgan fingerprint density at radius 3 is 2.57 bits per heavy atom. The van der Waals surface area contributed by atoms with Gasteiger partial charge in [0.15, 0.2) is 11.5 Å². The van der Waals surface area contributed by atoms with Gasteiger partial charge in [0.2, 0.25) is 0 Å². The Balaban J connectivity index is 1.67. The van der Waals surface area contributed by atoms with Crippen LogP contribution in [0.25, 0.3) is 0 Å². The Labute approximate surface area is 159 Å². The number of hydrogen-bond acceptors (Lipinski definition) is 6. The van der Waals surface area contributed by atoms with Crippen LogP contribution in [0.15, 0.2) is 30.7 Å². The monoisotopic (exact) mass is 395 g/mol. The zero-order valence-corrected chi connectivity index (χ0v) is 14.9. The van der Waals surface area contributed by atoms with Crippen LogP contribution in [0.1, 0.15) is 41.9 Å². The molecule has 0 aliphatic heterocycles. The van der Waals surface area contributed by atoms with Crippen LogP contribution in [0.5, 0.6) is 0 Å². The molecule has 7 nitrogen and oxygen atoms in total. The van der Waals surface area contributed by atoms with Crippen molar-refractivity contribution in [1.82, 2.24) is 15.0 Å². The molecule has 10 heteroatoms. The molecule has 0 radical (unpaired) electrons.